The Hall–Kier alpha value is -2.39. The van der Waals surface area contributed by atoms with Gasteiger partial charge in [-0.15, -0.1) is 0 Å². The second kappa shape index (κ2) is 5.72. The first kappa shape index (κ1) is 12.6. The van der Waals surface area contributed by atoms with Gasteiger partial charge >= 0.3 is 0 Å². The maximum absolute atomic E-state index is 9.73. The van der Waals surface area contributed by atoms with E-state index in [-0.39, 0.29) is 0 Å². The van der Waals surface area contributed by atoms with Gasteiger partial charge in [0.1, 0.15) is 5.75 Å². The van der Waals surface area contributed by atoms with Crippen LogP contribution in [0.25, 0.3) is 10.9 Å². The summed E-state index contributed by atoms with van der Waals surface area (Å²) < 4.78 is 0. The molecule has 100 valence electrons. The summed E-state index contributed by atoms with van der Waals surface area (Å²) in [5.74, 6) is 0.330. The van der Waals surface area contributed by atoms with Gasteiger partial charge in [0.05, 0.1) is 5.52 Å². The van der Waals surface area contributed by atoms with Crippen LogP contribution in [0.15, 0.2) is 60.8 Å². The van der Waals surface area contributed by atoms with Crippen LogP contribution in [0.2, 0.25) is 0 Å². The highest BCUT2D eigenvalue weighted by atomic mass is 16.3. The van der Waals surface area contributed by atoms with Crippen LogP contribution in [0.3, 0.4) is 0 Å². The summed E-state index contributed by atoms with van der Waals surface area (Å²) in [6.07, 6.45) is 1.81. The fourth-order valence-electron chi connectivity index (χ4n) is 2.30. The highest BCUT2D eigenvalue weighted by Crippen LogP contribution is 2.17. The summed E-state index contributed by atoms with van der Waals surface area (Å²) in [5, 5.41) is 14.2. The van der Waals surface area contributed by atoms with Crippen LogP contribution in [0.5, 0.6) is 5.75 Å². The zero-order chi connectivity index (χ0) is 13.8. The molecule has 0 aliphatic rings. The summed E-state index contributed by atoms with van der Waals surface area (Å²) in [5.41, 5.74) is 3.10. The van der Waals surface area contributed by atoms with Crippen molar-refractivity contribution in [1.82, 2.24) is 10.3 Å². The number of hydrogen-bond acceptors (Lipinski definition) is 3. The van der Waals surface area contributed by atoms with Gasteiger partial charge in [-0.25, -0.2) is 0 Å². The minimum atomic E-state index is 0.330. The third-order valence-electron chi connectivity index (χ3n) is 3.34. The fraction of sp³-hybridized carbons (Fsp3) is 0.118. The normalized spacial score (nSPS) is 10.8. The Morgan fingerprint density at radius 1 is 0.850 bits per heavy atom. The summed E-state index contributed by atoms with van der Waals surface area (Å²) >= 11 is 0. The van der Waals surface area contributed by atoms with E-state index in [1.807, 2.05) is 36.5 Å². The molecule has 0 amide bonds. The Bertz CT molecular complexity index is 720. The van der Waals surface area contributed by atoms with Crippen LogP contribution in [0, 0.1) is 0 Å². The van der Waals surface area contributed by atoms with E-state index in [0.717, 1.165) is 23.0 Å². The quantitative estimate of drug-likeness (QED) is 0.760. The molecule has 0 aliphatic heterocycles. The number of aromatic hydroxyl groups is 1. The summed E-state index contributed by atoms with van der Waals surface area (Å²) in [6.45, 7) is 1.36. The van der Waals surface area contributed by atoms with E-state index in [9.17, 15) is 5.11 Å². The highest BCUT2D eigenvalue weighted by Gasteiger charge is 2.02. The van der Waals surface area contributed by atoms with E-state index >= 15 is 0 Å². The molecule has 0 saturated carbocycles. The van der Waals surface area contributed by atoms with Gasteiger partial charge in [0.15, 0.2) is 0 Å². The molecule has 3 aromatic rings. The Balaban J connectivity index is 1.73. The molecule has 0 bridgehead atoms. The largest absolute Gasteiger partial charge is 0.508 e. The number of hydrogen-bond donors (Lipinski definition) is 2. The monoisotopic (exact) mass is 264 g/mol. The van der Waals surface area contributed by atoms with Crippen molar-refractivity contribution in [3.05, 3.63) is 71.9 Å². The van der Waals surface area contributed by atoms with Gasteiger partial charge in [-0.3, -0.25) is 4.98 Å². The number of nitrogens with one attached hydrogen (secondary N) is 1. The maximum atomic E-state index is 9.73. The Morgan fingerprint density at radius 3 is 2.50 bits per heavy atom. The first-order chi connectivity index (χ1) is 9.84. The summed E-state index contributed by atoms with van der Waals surface area (Å²) in [7, 11) is 0. The lowest BCUT2D eigenvalue weighted by atomic mass is 10.1. The minimum absolute atomic E-state index is 0.330. The van der Waals surface area contributed by atoms with Gasteiger partial charge in [0, 0.05) is 30.2 Å². The molecule has 2 aromatic carbocycles. The standard InChI is InChI=1S/C17H16N2O/c20-16-9-2-1-5-14(16)11-18-12-15-7-3-6-13-8-4-10-19-17(13)15/h1-10,18,20H,11-12H2. The molecule has 0 fully saturated rings. The van der Waals surface area contributed by atoms with Crippen molar-refractivity contribution in [1.29, 1.82) is 0 Å². The first-order valence-electron chi connectivity index (χ1n) is 6.65. The van der Waals surface area contributed by atoms with E-state index < -0.39 is 0 Å². The minimum Gasteiger partial charge on any atom is -0.508 e. The van der Waals surface area contributed by atoms with E-state index in [0.29, 0.717) is 12.3 Å². The molecule has 0 unspecified atom stereocenters. The molecule has 0 saturated heterocycles. The van der Waals surface area contributed by atoms with Crippen LogP contribution in [-0.4, -0.2) is 10.1 Å². The summed E-state index contributed by atoms with van der Waals surface area (Å²) in [6, 6.07) is 17.6. The van der Waals surface area contributed by atoms with E-state index in [1.165, 1.54) is 5.56 Å². The van der Waals surface area contributed by atoms with E-state index in [4.69, 9.17) is 0 Å². The van der Waals surface area contributed by atoms with Crippen LogP contribution in [0.1, 0.15) is 11.1 Å². The number of aromatic nitrogens is 1. The molecule has 0 aliphatic carbocycles. The van der Waals surface area contributed by atoms with Gasteiger partial charge in [-0.2, -0.15) is 0 Å². The van der Waals surface area contributed by atoms with Gasteiger partial charge in [-0.1, -0.05) is 42.5 Å². The number of rotatable bonds is 4. The second-order valence-corrected chi connectivity index (χ2v) is 4.72. The van der Waals surface area contributed by atoms with Crippen molar-refractivity contribution < 1.29 is 5.11 Å². The van der Waals surface area contributed by atoms with Crippen molar-refractivity contribution in [3.63, 3.8) is 0 Å². The lowest BCUT2D eigenvalue weighted by Gasteiger charge is -2.08. The van der Waals surface area contributed by atoms with Crippen LogP contribution < -0.4 is 5.32 Å². The predicted molar refractivity (Wildman–Crippen MR) is 80.4 cm³/mol. The topological polar surface area (TPSA) is 45.1 Å². The fourth-order valence-corrected chi connectivity index (χ4v) is 2.30. The number of benzene rings is 2. The van der Waals surface area contributed by atoms with Crippen molar-refractivity contribution >= 4 is 10.9 Å². The van der Waals surface area contributed by atoms with Gasteiger partial charge < -0.3 is 10.4 Å². The smallest absolute Gasteiger partial charge is 0.120 e. The second-order valence-electron chi connectivity index (χ2n) is 4.72. The van der Waals surface area contributed by atoms with Crippen molar-refractivity contribution in [2.24, 2.45) is 0 Å². The van der Waals surface area contributed by atoms with Crippen molar-refractivity contribution in [2.75, 3.05) is 0 Å². The number of nitrogens with zero attached hydrogens (tertiary/aromatic N) is 1. The first-order valence-corrected chi connectivity index (χ1v) is 6.65. The third kappa shape index (κ3) is 2.63. The maximum Gasteiger partial charge on any atom is 0.120 e. The Kier molecular flexibility index (Phi) is 3.61. The molecular formula is C17H16N2O. The number of fused-ring (bicyclic) bond motifs is 1. The molecule has 1 aromatic heterocycles. The summed E-state index contributed by atoms with van der Waals surface area (Å²) in [4.78, 5) is 4.43. The van der Waals surface area contributed by atoms with Crippen LogP contribution >= 0.6 is 0 Å². The molecule has 0 radical (unpaired) electrons. The molecule has 3 nitrogen and oxygen atoms in total. The Labute approximate surface area is 117 Å². The highest BCUT2D eigenvalue weighted by molar-refractivity contribution is 5.81. The number of phenols is 1. The van der Waals surface area contributed by atoms with Gasteiger partial charge in [0.25, 0.3) is 0 Å². The molecule has 3 heteroatoms. The lowest BCUT2D eigenvalue weighted by molar-refractivity contribution is 0.464. The molecular weight excluding hydrogens is 248 g/mol. The molecule has 3 rings (SSSR count). The molecule has 20 heavy (non-hydrogen) atoms. The lowest BCUT2D eigenvalue weighted by Crippen LogP contribution is -2.13. The van der Waals surface area contributed by atoms with E-state index in [1.54, 1.807) is 6.07 Å². The Morgan fingerprint density at radius 2 is 1.60 bits per heavy atom. The average Bonchev–Trinajstić information content (AvgIpc) is 2.49. The third-order valence-corrected chi connectivity index (χ3v) is 3.34. The van der Waals surface area contributed by atoms with Crippen LogP contribution in [-0.2, 0) is 13.1 Å². The van der Waals surface area contributed by atoms with Gasteiger partial charge in [0.2, 0.25) is 0 Å². The van der Waals surface area contributed by atoms with Crippen molar-refractivity contribution in [3.8, 4) is 5.75 Å². The molecule has 2 N–H and O–H groups in total. The number of phenolic OH excluding ortho intramolecular Hbond substituents is 1. The molecule has 0 spiro atoms. The zero-order valence-corrected chi connectivity index (χ0v) is 11.1. The number of pyridine rings is 1. The van der Waals surface area contributed by atoms with Crippen LogP contribution in [0.4, 0.5) is 0 Å². The average molecular weight is 264 g/mol. The molecule has 1 heterocycles. The predicted octanol–water partition coefficient (Wildman–Crippen LogP) is 3.23. The zero-order valence-electron chi connectivity index (χ0n) is 11.1. The number of para-hydroxylation sites is 2. The van der Waals surface area contributed by atoms with E-state index in [2.05, 4.69) is 28.5 Å². The SMILES string of the molecule is Oc1ccccc1CNCc1cccc2cccnc12. The molecule has 0 atom stereocenters. The van der Waals surface area contributed by atoms with Crippen molar-refractivity contribution in [2.45, 2.75) is 13.1 Å². The van der Waals surface area contributed by atoms with Gasteiger partial charge in [-0.05, 0) is 17.7 Å².